The summed E-state index contributed by atoms with van der Waals surface area (Å²) < 4.78 is 40.5. The molecule has 0 saturated heterocycles. The van der Waals surface area contributed by atoms with Crippen LogP contribution >= 0.6 is 27.3 Å². The van der Waals surface area contributed by atoms with E-state index in [2.05, 4.69) is 21.2 Å². The van der Waals surface area contributed by atoms with Crippen molar-refractivity contribution in [1.29, 1.82) is 0 Å². The molecule has 3 unspecified atom stereocenters. The standard InChI is InChI=1S/C13H17BrF3NS/c1-18-11(12-10(14)6-7-19-12)8-4-2-3-5-9(8)13(15,16)17/h6-9,11,18H,2-5H2,1H3. The van der Waals surface area contributed by atoms with Crippen molar-refractivity contribution < 1.29 is 13.2 Å². The lowest BCUT2D eigenvalue weighted by Gasteiger charge is -2.37. The van der Waals surface area contributed by atoms with Crippen LogP contribution in [-0.4, -0.2) is 13.2 Å². The highest BCUT2D eigenvalue weighted by Gasteiger charge is 2.48. The Labute approximate surface area is 123 Å². The zero-order chi connectivity index (χ0) is 14.0. The number of hydrogen-bond acceptors (Lipinski definition) is 2. The lowest BCUT2D eigenvalue weighted by Crippen LogP contribution is -2.39. The minimum atomic E-state index is -4.09. The fourth-order valence-corrected chi connectivity index (χ4v) is 4.84. The van der Waals surface area contributed by atoms with Gasteiger partial charge < -0.3 is 5.32 Å². The van der Waals surface area contributed by atoms with E-state index in [4.69, 9.17) is 0 Å². The van der Waals surface area contributed by atoms with E-state index in [1.807, 2.05) is 11.4 Å². The maximum absolute atomic E-state index is 13.2. The maximum atomic E-state index is 13.2. The van der Waals surface area contributed by atoms with E-state index >= 15 is 0 Å². The zero-order valence-electron chi connectivity index (χ0n) is 10.6. The minimum Gasteiger partial charge on any atom is -0.312 e. The normalized spacial score (nSPS) is 26.4. The van der Waals surface area contributed by atoms with Crippen molar-refractivity contribution >= 4 is 27.3 Å². The largest absolute Gasteiger partial charge is 0.392 e. The second-order valence-electron chi connectivity index (χ2n) is 5.00. The van der Waals surface area contributed by atoms with E-state index in [0.717, 1.165) is 15.8 Å². The van der Waals surface area contributed by atoms with Crippen molar-refractivity contribution in [3.8, 4) is 0 Å². The molecule has 108 valence electrons. The summed E-state index contributed by atoms with van der Waals surface area (Å²) in [6.45, 7) is 0. The first-order valence-corrected chi connectivity index (χ1v) is 8.09. The van der Waals surface area contributed by atoms with Gasteiger partial charge in [-0.1, -0.05) is 12.8 Å². The van der Waals surface area contributed by atoms with Crippen LogP contribution in [0.25, 0.3) is 0 Å². The molecule has 1 aliphatic carbocycles. The van der Waals surface area contributed by atoms with Gasteiger partial charge in [-0.05, 0) is 53.2 Å². The first kappa shape index (κ1) is 15.3. The van der Waals surface area contributed by atoms with Crippen molar-refractivity contribution in [2.75, 3.05) is 7.05 Å². The summed E-state index contributed by atoms with van der Waals surface area (Å²) in [6.07, 6.45) is -1.62. The van der Waals surface area contributed by atoms with Crippen molar-refractivity contribution in [3.63, 3.8) is 0 Å². The van der Waals surface area contributed by atoms with E-state index in [-0.39, 0.29) is 18.4 Å². The third-order valence-corrected chi connectivity index (χ3v) is 5.86. The predicted molar refractivity (Wildman–Crippen MR) is 75.3 cm³/mol. The average molecular weight is 356 g/mol. The minimum absolute atomic E-state index is 0.221. The molecule has 1 nitrogen and oxygen atoms in total. The van der Waals surface area contributed by atoms with Gasteiger partial charge in [0.1, 0.15) is 0 Å². The van der Waals surface area contributed by atoms with Gasteiger partial charge in [-0.2, -0.15) is 13.2 Å². The molecular formula is C13H17BrF3NS. The van der Waals surface area contributed by atoms with Gasteiger partial charge in [0.15, 0.2) is 0 Å². The molecule has 1 aliphatic rings. The predicted octanol–water partition coefficient (Wildman–Crippen LogP) is 5.14. The van der Waals surface area contributed by atoms with Crippen LogP contribution in [0.3, 0.4) is 0 Å². The molecule has 0 radical (unpaired) electrons. The number of hydrogen-bond donors (Lipinski definition) is 1. The molecule has 1 aromatic rings. The summed E-state index contributed by atoms with van der Waals surface area (Å²) >= 11 is 4.95. The van der Waals surface area contributed by atoms with Gasteiger partial charge in [-0.3, -0.25) is 0 Å². The Balaban J connectivity index is 2.27. The third-order valence-electron chi connectivity index (χ3n) is 3.91. The van der Waals surface area contributed by atoms with Crippen molar-refractivity contribution in [2.24, 2.45) is 11.8 Å². The summed E-state index contributed by atoms with van der Waals surface area (Å²) in [5, 5.41) is 5.01. The van der Waals surface area contributed by atoms with Gasteiger partial charge in [-0.15, -0.1) is 11.3 Å². The summed E-state index contributed by atoms with van der Waals surface area (Å²) in [4.78, 5) is 0.976. The Morgan fingerprint density at radius 1 is 1.37 bits per heavy atom. The molecular weight excluding hydrogens is 339 g/mol. The molecule has 0 aliphatic heterocycles. The number of halogens is 4. The van der Waals surface area contributed by atoms with Crippen LogP contribution in [0.1, 0.15) is 36.6 Å². The van der Waals surface area contributed by atoms with Crippen LogP contribution in [0.15, 0.2) is 15.9 Å². The molecule has 0 aromatic carbocycles. The number of nitrogens with one attached hydrogen (secondary N) is 1. The SMILES string of the molecule is CNC(c1sccc1Br)C1CCCCC1C(F)(F)F. The van der Waals surface area contributed by atoms with E-state index in [1.54, 1.807) is 7.05 Å². The first-order valence-electron chi connectivity index (χ1n) is 6.42. The molecule has 1 N–H and O–H groups in total. The van der Waals surface area contributed by atoms with Gasteiger partial charge in [0.2, 0.25) is 0 Å². The molecule has 1 fully saturated rings. The summed E-state index contributed by atoms with van der Waals surface area (Å²) in [5.74, 6) is -1.55. The van der Waals surface area contributed by atoms with Gasteiger partial charge >= 0.3 is 6.18 Å². The Bertz CT molecular complexity index is 418. The Morgan fingerprint density at radius 2 is 2.05 bits per heavy atom. The molecule has 1 aromatic heterocycles. The maximum Gasteiger partial charge on any atom is 0.392 e. The second kappa shape index (κ2) is 6.14. The summed E-state index contributed by atoms with van der Waals surface area (Å²) in [7, 11) is 1.75. The quantitative estimate of drug-likeness (QED) is 0.791. The fourth-order valence-electron chi connectivity index (χ4n) is 3.03. The van der Waals surface area contributed by atoms with Crippen molar-refractivity contribution in [3.05, 3.63) is 20.8 Å². The molecule has 3 atom stereocenters. The van der Waals surface area contributed by atoms with Gasteiger partial charge in [0.05, 0.1) is 5.92 Å². The summed E-state index contributed by atoms with van der Waals surface area (Å²) in [6, 6.07) is 1.68. The van der Waals surface area contributed by atoms with Crippen LogP contribution in [0, 0.1) is 11.8 Å². The van der Waals surface area contributed by atoms with Gasteiger partial charge in [0, 0.05) is 15.4 Å². The third kappa shape index (κ3) is 3.34. The molecule has 0 amide bonds. The first-order chi connectivity index (χ1) is 8.95. The molecule has 19 heavy (non-hydrogen) atoms. The molecule has 0 bridgehead atoms. The van der Waals surface area contributed by atoms with E-state index in [9.17, 15) is 13.2 Å². The molecule has 1 heterocycles. The Morgan fingerprint density at radius 3 is 2.58 bits per heavy atom. The molecule has 0 spiro atoms. The van der Waals surface area contributed by atoms with Gasteiger partial charge in [0.25, 0.3) is 0 Å². The number of alkyl halides is 3. The molecule has 1 saturated carbocycles. The fraction of sp³-hybridized carbons (Fsp3) is 0.692. The molecule has 2 rings (SSSR count). The average Bonchev–Trinajstić information content (AvgIpc) is 2.76. The smallest absolute Gasteiger partial charge is 0.312 e. The highest BCUT2D eigenvalue weighted by molar-refractivity contribution is 9.10. The van der Waals surface area contributed by atoms with E-state index in [1.165, 1.54) is 11.3 Å². The lowest BCUT2D eigenvalue weighted by atomic mass is 9.74. The highest BCUT2D eigenvalue weighted by atomic mass is 79.9. The zero-order valence-corrected chi connectivity index (χ0v) is 13.0. The van der Waals surface area contributed by atoms with Crippen LogP contribution in [0.4, 0.5) is 13.2 Å². The topological polar surface area (TPSA) is 12.0 Å². The van der Waals surface area contributed by atoms with Crippen LogP contribution in [-0.2, 0) is 0 Å². The number of thiophene rings is 1. The summed E-state index contributed by atoms with van der Waals surface area (Å²) in [5.41, 5.74) is 0. The monoisotopic (exact) mass is 355 g/mol. The Hall–Kier alpha value is -0.0700. The van der Waals surface area contributed by atoms with Crippen LogP contribution in [0.2, 0.25) is 0 Å². The van der Waals surface area contributed by atoms with Crippen molar-refractivity contribution in [2.45, 2.75) is 37.9 Å². The Kier molecular flexibility index (Phi) is 4.95. The van der Waals surface area contributed by atoms with Crippen molar-refractivity contribution in [1.82, 2.24) is 5.32 Å². The van der Waals surface area contributed by atoms with Crippen LogP contribution < -0.4 is 5.32 Å². The second-order valence-corrected chi connectivity index (χ2v) is 6.80. The lowest BCUT2D eigenvalue weighted by molar-refractivity contribution is -0.199. The van der Waals surface area contributed by atoms with Gasteiger partial charge in [-0.25, -0.2) is 0 Å². The molecule has 6 heteroatoms. The van der Waals surface area contributed by atoms with E-state index in [0.29, 0.717) is 12.8 Å². The van der Waals surface area contributed by atoms with E-state index < -0.39 is 12.1 Å². The highest BCUT2D eigenvalue weighted by Crippen LogP contribution is 2.48. The van der Waals surface area contributed by atoms with Crippen LogP contribution in [0.5, 0.6) is 0 Å². The number of rotatable bonds is 3.